The third-order valence-corrected chi connectivity index (χ3v) is 6.25. The molecule has 1 atom stereocenters. The summed E-state index contributed by atoms with van der Waals surface area (Å²) in [6, 6.07) is 14.5. The van der Waals surface area contributed by atoms with Crippen molar-refractivity contribution >= 4 is 39.4 Å². The summed E-state index contributed by atoms with van der Waals surface area (Å²) in [7, 11) is 1.83. The van der Waals surface area contributed by atoms with Crippen molar-refractivity contribution < 1.29 is 14.4 Å². The van der Waals surface area contributed by atoms with Crippen molar-refractivity contribution in [2.75, 3.05) is 6.54 Å². The van der Waals surface area contributed by atoms with Gasteiger partial charge in [-0.05, 0) is 31.5 Å². The lowest BCUT2D eigenvalue weighted by Gasteiger charge is -2.22. The van der Waals surface area contributed by atoms with E-state index in [9.17, 15) is 14.4 Å². The molecule has 0 radical (unpaired) electrons. The average molecular weight is 408 g/mol. The molecule has 1 saturated heterocycles. The molecule has 1 aliphatic heterocycles. The summed E-state index contributed by atoms with van der Waals surface area (Å²) < 4.78 is 2.82. The Morgan fingerprint density at radius 2 is 1.83 bits per heavy atom. The molecule has 0 aliphatic carbocycles. The maximum absolute atomic E-state index is 13.0. The molecule has 2 aromatic carbocycles. The third-order valence-electron chi connectivity index (χ3n) is 5.13. The normalized spacial score (nSPS) is 19.8. The SMILES string of the molecule is Cc1ccc([C@]2(C)NC(=O)N(CC(=O)N=c3sc4ccccc4n3C)C2=O)cc1. The minimum Gasteiger partial charge on any atom is -0.319 e. The zero-order valence-electron chi connectivity index (χ0n) is 16.3. The Morgan fingerprint density at radius 1 is 1.14 bits per heavy atom. The first kappa shape index (κ1) is 19.1. The number of fused-ring (bicyclic) bond motifs is 1. The number of nitrogens with one attached hydrogen (secondary N) is 1. The second kappa shape index (κ2) is 6.97. The summed E-state index contributed by atoms with van der Waals surface area (Å²) in [5, 5.41) is 2.71. The minimum absolute atomic E-state index is 0.402. The number of carbonyl (C=O) groups is 3. The van der Waals surface area contributed by atoms with Crippen molar-refractivity contribution in [3.8, 4) is 0 Å². The number of aryl methyl sites for hydroxylation is 2. The van der Waals surface area contributed by atoms with Gasteiger partial charge >= 0.3 is 6.03 Å². The molecule has 4 rings (SSSR count). The van der Waals surface area contributed by atoms with E-state index in [-0.39, 0.29) is 0 Å². The van der Waals surface area contributed by atoms with Crippen molar-refractivity contribution in [1.82, 2.24) is 14.8 Å². The van der Waals surface area contributed by atoms with Crippen LogP contribution in [0.4, 0.5) is 4.79 Å². The van der Waals surface area contributed by atoms with Crippen molar-refractivity contribution in [2.45, 2.75) is 19.4 Å². The van der Waals surface area contributed by atoms with Crippen molar-refractivity contribution in [3.05, 3.63) is 64.5 Å². The van der Waals surface area contributed by atoms with Gasteiger partial charge < -0.3 is 9.88 Å². The number of hydrogen-bond acceptors (Lipinski definition) is 4. The number of amides is 4. The number of para-hydroxylation sites is 1. The van der Waals surface area contributed by atoms with Crippen LogP contribution >= 0.6 is 11.3 Å². The molecular weight excluding hydrogens is 388 g/mol. The fourth-order valence-electron chi connectivity index (χ4n) is 3.39. The summed E-state index contributed by atoms with van der Waals surface area (Å²) in [5.74, 6) is -1.01. The molecule has 1 aromatic heterocycles. The Kier molecular flexibility index (Phi) is 4.58. The topological polar surface area (TPSA) is 83.8 Å². The molecule has 0 spiro atoms. The summed E-state index contributed by atoms with van der Waals surface area (Å²) >= 11 is 1.38. The largest absolute Gasteiger partial charge is 0.325 e. The van der Waals surface area contributed by atoms with E-state index < -0.39 is 29.9 Å². The van der Waals surface area contributed by atoms with Crippen molar-refractivity contribution in [2.24, 2.45) is 12.0 Å². The van der Waals surface area contributed by atoms with Gasteiger partial charge in [0.25, 0.3) is 11.8 Å². The van der Waals surface area contributed by atoms with Gasteiger partial charge in [0.2, 0.25) is 0 Å². The van der Waals surface area contributed by atoms with Crippen LogP contribution in [0, 0.1) is 6.92 Å². The van der Waals surface area contributed by atoms with Gasteiger partial charge in [0.15, 0.2) is 4.80 Å². The van der Waals surface area contributed by atoms with Gasteiger partial charge in [0.1, 0.15) is 12.1 Å². The van der Waals surface area contributed by atoms with Gasteiger partial charge in [-0.25, -0.2) is 4.79 Å². The fraction of sp³-hybridized carbons (Fsp3) is 0.238. The van der Waals surface area contributed by atoms with E-state index in [4.69, 9.17) is 0 Å². The maximum Gasteiger partial charge on any atom is 0.325 e. The highest BCUT2D eigenvalue weighted by Crippen LogP contribution is 2.29. The number of hydrogen-bond donors (Lipinski definition) is 1. The number of thiazole rings is 1. The lowest BCUT2D eigenvalue weighted by atomic mass is 9.91. The number of carbonyl (C=O) groups excluding carboxylic acids is 3. The van der Waals surface area contributed by atoms with Gasteiger partial charge in [0.05, 0.1) is 10.2 Å². The van der Waals surface area contributed by atoms with Gasteiger partial charge in [-0.1, -0.05) is 53.3 Å². The lowest BCUT2D eigenvalue weighted by Crippen LogP contribution is -2.41. The second-order valence-electron chi connectivity index (χ2n) is 7.23. The predicted molar refractivity (Wildman–Crippen MR) is 110 cm³/mol. The number of imide groups is 1. The highest BCUT2D eigenvalue weighted by atomic mass is 32.1. The van der Waals surface area contributed by atoms with Gasteiger partial charge in [-0.2, -0.15) is 4.99 Å². The molecule has 0 bridgehead atoms. The molecule has 7 nitrogen and oxygen atoms in total. The highest BCUT2D eigenvalue weighted by molar-refractivity contribution is 7.16. The van der Waals surface area contributed by atoms with Crippen LogP contribution in [0.1, 0.15) is 18.1 Å². The van der Waals surface area contributed by atoms with Gasteiger partial charge in [-0.3, -0.25) is 14.5 Å². The zero-order chi connectivity index (χ0) is 20.8. The Morgan fingerprint density at radius 3 is 2.52 bits per heavy atom. The van der Waals surface area contributed by atoms with Crippen LogP contribution in [0.25, 0.3) is 10.2 Å². The number of urea groups is 1. The molecule has 1 aliphatic rings. The standard InChI is InChI=1S/C21H20N4O3S/c1-13-8-10-14(11-9-13)21(2)18(27)25(19(28)23-21)12-17(26)22-20-24(3)15-6-4-5-7-16(15)29-20/h4-11H,12H2,1-3H3,(H,23,28)/t21-/m0/s1. The summed E-state index contributed by atoms with van der Waals surface area (Å²) in [4.78, 5) is 43.5. The number of aromatic nitrogens is 1. The van der Waals surface area contributed by atoms with Crippen LogP contribution in [0.3, 0.4) is 0 Å². The smallest absolute Gasteiger partial charge is 0.319 e. The van der Waals surface area contributed by atoms with Crippen LogP contribution in [0.5, 0.6) is 0 Å². The molecule has 2 heterocycles. The van der Waals surface area contributed by atoms with E-state index in [0.717, 1.165) is 20.7 Å². The molecule has 1 N–H and O–H groups in total. The van der Waals surface area contributed by atoms with E-state index in [1.165, 1.54) is 11.3 Å². The predicted octanol–water partition coefficient (Wildman–Crippen LogP) is 2.44. The Balaban J connectivity index is 1.59. The monoisotopic (exact) mass is 408 g/mol. The van der Waals surface area contributed by atoms with E-state index >= 15 is 0 Å². The molecule has 148 valence electrons. The molecule has 1 fully saturated rings. The van der Waals surface area contributed by atoms with E-state index in [2.05, 4.69) is 10.3 Å². The van der Waals surface area contributed by atoms with Crippen LogP contribution in [-0.2, 0) is 22.2 Å². The van der Waals surface area contributed by atoms with E-state index in [0.29, 0.717) is 10.4 Å². The Hall–Kier alpha value is -3.26. The van der Waals surface area contributed by atoms with Crippen LogP contribution in [-0.4, -0.2) is 33.9 Å². The summed E-state index contributed by atoms with van der Waals surface area (Å²) in [6.07, 6.45) is 0. The fourth-order valence-corrected chi connectivity index (χ4v) is 4.42. The lowest BCUT2D eigenvalue weighted by molar-refractivity contribution is -0.134. The number of nitrogens with zero attached hydrogens (tertiary/aromatic N) is 3. The van der Waals surface area contributed by atoms with Crippen LogP contribution < -0.4 is 10.1 Å². The van der Waals surface area contributed by atoms with E-state index in [1.807, 2.05) is 54.9 Å². The second-order valence-corrected chi connectivity index (χ2v) is 8.24. The molecule has 3 aromatic rings. The van der Waals surface area contributed by atoms with Gasteiger partial charge in [-0.15, -0.1) is 0 Å². The molecule has 0 saturated carbocycles. The molecule has 4 amide bonds. The Bertz CT molecular complexity index is 1210. The number of rotatable bonds is 3. The molecule has 8 heteroatoms. The first-order chi connectivity index (χ1) is 13.8. The van der Waals surface area contributed by atoms with Crippen molar-refractivity contribution in [3.63, 3.8) is 0 Å². The van der Waals surface area contributed by atoms with E-state index in [1.54, 1.807) is 19.1 Å². The average Bonchev–Trinajstić information content (AvgIpc) is 3.12. The minimum atomic E-state index is -1.20. The number of benzene rings is 2. The maximum atomic E-state index is 13.0. The third kappa shape index (κ3) is 3.25. The highest BCUT2D eigenvalue weighted by Gasteiger charge is 2.49. The van der Waals surface area contributed by atoms with Gasteiger partial charge in [0, 0.05) is 7.05 Å². The molecule has 0 unspecified atom stereocenters. The first-order valence-corrected chi connectivity index (χ1v) is 9.94. The Labute approximate surface area is 171 Å². The zero-order valence-corrected chi connectivity index (χ0v) is 17.1. The van der Waals surface area contributed by atoms with Crippen LogP contribution in [0.2, 0.25) is 0 Å². The summed E-state index contributed by atoms with van der Waals surface area (Å²) in [5.41, 5.74) is 1.49. The molecular formula is C21H20N4O3S. The summed E-state index contributed by atoms with van der Waals surface area (Å²) in [6.45, 7) is 3.19. The molecule has 29 heavy (non-hydrogen) atoms. The first-order valence-electron chi connectivity index (χ1n) is 9.13. The van der Waals surface area contributed by atoms with Crippen LogP contribution in [0.15, 0.2) is 53.5 Å². The van der Waals surface area contributed by atoms with Crippen molar-refractivity contribution in [1.29, 1.82) is 0 Å². The quantitative estimate of drug-likeness (QED) is 0.676.